The number of amides is 1. The van der Waals surface area contributed by atoms with Gasteiger partial charge in [-0.2, -0.15) is 0 Å². The molecule has 1 aliphatic carbocycles. The maximum atomic E-state index is 12.8. The first-order valence-corrected chi connectivity index (χ1v) is 7.93. The van der Waals surface area contributed by atoms with Crippen molar-refractivity contribution in [2.75, 3.05) is 0 Å². The Kier molecular flexibility index (Phi) is 3.97. The molecule has 1 heterocycles. The third-order valence-electron chi connectivity index (χ3n) is 5.32. The van der Waals surface area contributed by atoms with Crippen LogP contribution in [-0.4, -0.2) is 28.6 Å². The van der Waals surface area contributed by atoms with E-state index < -0.39 is 0 Å². The quantitative estimate of drug-likeness (QED) is 0.850. The predicted molar refractivity (Wildman–Crippen MR) is 78.8 cm³/mol. The highest BCUT2D eigenvalue weighted by atomic mass is 16.2. The zero-order valence-electron chi connectivity index (χ0n) is 13.3. The zero-order valence-corrected chi connectivity index (χ0v) is 13.3. The average Bonchev–Trinajstić information content (AvgIpc) is 2.63. The SMILES string of the molecule is CCC1NC(C)(CC)C(=O)N1C1CCC(C)(C)CC1. The van der Waals surface area contributed by atoms with E-state index >= 15 is 0 Å². The summed E-state index contributed by atoms with van der Waals surface area (Å²) >= 11 is 0. The van der Waals surface area contributed by atoms with Crippen LogP contribution in [0.4, 0.5) is 0 Å². The Morgan fingerprint density at radius 2 is 1.79 bits per heavy atom. The summed E-state index contributed by atoms with van der Waals surface area (Å²) in [7, 11) is 0. The van der Waals surface area contributed by atoms with Gasteiger partial charge in [0, 0.05) is 6.04 Å². The molecule has 0 spiro atoms. The highest BCUT2D eigenvalue weighted by molar-refractivity contribution is 5.88. The molecule has 0 bridgehead atoms. The fraction of sp³-hybridized carbons (Fsp3) is 0.938. The molecule has 0 aromatic carbocycles. The largest absolute Gasteiger partial charge is 0.323 e. The molecule has 1 aliphatic heterocycles. The van der Waals surface area contributed by atoms with Crippen molar-refractivity contribution in [2.45, 2.75) is 90.9 Å². The summed E-state index contributed by atoms with van der Waals surface area (Å²) in [6, 6.07) is 0.450. The minimum Gasteiger partial charge on any atom is -0.323 e. The molecule has 19 heavy (non-hydrogen) atoms. The van der Waals surface area contributed by atoms with Crippen LogP contribution in [0, 0.1) is 5.41 Å². The number of rotatable bonds is 3. The second-order valence-electron chi connectivity index (χ2n) is 7.36. The van der Waals surface area contributed by atoms with Gasteiger partial charge >= 0.3 is 0 Å². The van der Waals surface area contributed by atoms with E-state index in [-0.39, 0.29) is 11.7 Å². The summed E-state index contributed by atoms with van der Waals surface area (Å²) in [6.07, 6.45) is 6.91. The molecule has 110 valence electrons. The molecular formula is C16H30N2O. The van der Waals surface area contributed by atoms with Gasteiger partial charge in [-0.3, -0.25) is 10.1 Å². The van der Waals surface area contributed by atoms with E-state index in [0.29, 0.717) is 17.4 Å². The third kappa shape index (κ3) is 2.67. The minimum atomic E-state index is -0.340. The molecule has 1 amide bonds. The van der Waals surface area contributed by atoms with E-state index in [1.54, 1.807) is 0 Å². The number of hydrogen-bond donors (Lipinski definition) is 1. The van der Waals surface area contributed by atoms with Crippen molar-refractivity contribution < 1.29 is 4.79 Å². The van der Waals surface area contributed by atoms with Crippen molar-refractivity contribution >= 4 is 5.91 Å². The van der Waals surface area contributed by atoms with E-state index in [4.69, 9.17) is 0 Å². The van der Waals surface area contributed by atoms with Crippen LogP contribution < -0.4 is 5.32 Å². The number of hydrogen-bond acceptors (Lipinski definition) is 2. The van der Waals surface area contributed by atoms with Crippen molar-refractivity contribution in [1.29, 1.82) is 0 Å². The van der Waals surface area contributed by atoms with Crippen LogP contribution in [-0.2, 0) is 4.79 Å². The second kappa shape index (κ2) is 5.08. The van der Waals surface area contributed by atoms with Crippen LogP contribution >= 0.6 is 0 Å². The normalized spacial score (nSPS) is 35.9. The Morgan fingerprint density at radius 3 is 2.26 bits per heavy atom. The second-order valence-corrected chi connectivity index (χ2v) is 7.36. The first-order valence-electron chi connectivity index (χ1n) is 7.93. The van der Waals surface area contributed by atoms with Gasteiger partial charge in [-0.1, -0.05) is 27.7 Å². The van der Waals surface area contributed by atoms with Crippen molar-refractivity contribution in [2.24, 2.45) is 5.41 Å². The first-order chi connectivity index (χ1) is 8.83. The lowest BCUT2D eigenvalue weighted by Crippen LogP contribution is -2.47. The molecule has 2 fully saturated rings. The summed E-state index contributed by atoms with van der Waals surface area (Å²) in [4.78, 5) is 14.9. The van der Waals surface area contributed by atoms with Gasteiger partial charge in [0.05, 0.1) is 11.7 Å². The molecule has 3 nitrogen and oxygen atoms in total. The van der Waals surface area contributed by atoms with Gasteiger partial charge in [0.2, 0.25) is 5.91 Å². The topological polar surface area (TPSA) is 32.3 Å². The number of nitrogens with zero attached hydrogens (tertiary/aromatic N) is 1. The van der Waals surface area contributed by atoms with E-state index in [1.807, 2.05) is 0 Å². The van der Waals surface area contributed by atoms with E-state index in [2.05, 4.69) is 44.8 Å². The average molecular weight is 266 g/mol. The van der Waals surface area contributed by atoms with Gasteiger partial charge in [-0.15, -0.1) is 0 Å². The summed E-state index contributed by atoms with van der Waals surface area (Å²) in [5.41, 5.74) is 0.121. The maximum absolute atomic E-state index is 12.8. The van der Waals surface area contributed by atoms with Crippen LogP contribution in [0.5, 0.6) is 0 Å². The van der Waals surface area contributed by atoms with Crippen LogP contribution in [0.15, 0.2) is 0 Å². The lowest BCUT2D eigenvalue weighted by Gasteiger charge is -2.40. The molecule has 1 N–H and O–H groups in total. The molecule has 0 radical (unpaired) electrons. The fourth-order valence-electron chi connectivity index (χ4n) is 3.56. The molecule has 1 saturated heterocycles. The van der Waals surface area contributed by atoms with E-state index in [1.165, 1.54) is 12.8 Å². The van der Waals surface area contributed by atoms with Gasteiger partial charge < -0.3 is 4.90 Å². The molecule has 1 saturated carbocycles. The van der Waals surface area contributed by atoms with Gasteiger partial charge in [0.1, 0.15) is 0 Å². The number of nitrogens with one attached hydrogen (secondary N) is 1. The molecule has 0 aromatic heterocycles. The molecular weight excluding hydrogens is 236 g/mol. The summed E-state index contributed by atoms with van der Waals surface area (Å²) in [5, 5.41) is 3.56. The Bertz CT molecular complexity index is 343. The summed E-state index contributed by atoms with van der Waals surface area (Å²) < 4.78 is 0. The Hall–Kier alpha value is -0.570. The predicted octanol–water partition coefficient (Wildman–Crippen LogP) is 3.29. The van der Waals surface area contributed by atoms with Crippen molar-refractivity contribution in [3.63, 3.8) is 0 Å². The summed E-state index contributed by atoms with van der Waals surface area (Å²) in [5.74, 6) is 0.326. The highest BCUT2D eigenvalue weighted by Crippen LogP contribution is 2.39. The van der Waals surface area contributed by atoms with Gasteiger partial charge in [-0.05, 0) is 50.9 Å². The zero-order chi connectivity index (χ0) is 14.3. The molecule has 2 atom stereocenters. The Morgan fingerprint density at radius 1 is 1.21 bits per heavy atom. The third-order valence-corrected chi connectivity index (χ3v) is 5.32. The first kappa shape index (κ1) is 14.8. The number of carbonyl (C=O) groups is 1. The Labute approximate surface area is 118 Å². The van der Waals surface area contributed by atoms with E-state index in [9.17, 15) is 4.79 Å². The van der Waals surface area contributed by atoms with Crippen LogP contribution in [0.25, 0.3) is 0 Å². The van der Waals surface area contributed by atoms with Gasteiger partial charge in [0.25, 0.3) is 0 Å². The van der Waals surface area contributed by atoms with Crippen molar-refractivity contribution in [1.82, 2.24) is 10.2 Å². The monoisotopic (exact) mass is 266 g/mol. The van der Waals surface area contributed by atoms with Crippen molar-refractivity contribution in [3.8, 4) is 0 Å². The molecule has 2 aliphatic rings. The molecule has 0 aromatic rings. The maximum Gasteiger partial charge on any atom is 0.244 e. The lowest BCUT2D eigenvalue weighted by molar-refractivity contribution is -0.136. The van der Waals surface area contributed by atoms with Crippen molar-refractivity contribution in [3.05, 3.63) is 0 Å². The van der Waals surface area contributed by atoms with Gasteiger partial charge in [0.15, 0.2) is 0 Å². The van der Waals surface area contributed by atoms with Crippen LogP contribution in [0.3, 0.4) is 0 Å². The van der Waals surface area contributed by atoms with Crippen LogP contribution in [0.2, 0.25) is 0 Å². The standard InChI is InChI=1S/C16H30N2O/c1-6-13-17-16(5,7-2)14(19)18(13)12-8-10-15(3,4)11-9-12/h12-13,17H,6-11H2,1-5H3. The summed E-state index contributed by atoms with van der Waals surface area (Å²) in [6.45, 7) is 11.0. The Balaban J connectivity index is 2.12. The van der Waals surface area contributed by atoms with E-state index in [0.717, 1.165) is 25.7 Å². The molecule has 3 heteroatoms. The van der Waals surface area contributed by atoms with Gasteiger partial charge in [-0.25, -0.2) is 0 Å². The van der Waals surface area contributed by atoms with Crippen LogP contribution in [0.1, 0.15) is 73.1 Å². The highest BCUT2D eigenvalue weighted by Gasteiger charge is 2.49. The smallest absolute Gasteiger partial charge is 0.244 e. The molecule has 2 rings (SSSR count). The minimum absolute atomic E-state index is 0.240. The molecule has 2 unspecified atom stereocenters. The fourth-order valence-corrected chi connectivity index (χ4v) is 3.56. The lowest BCUT2D eigenvalue weighted by atomic mass is 9.75. The number of carbonyl (C=O) groups excluding carboxylic acids is 1.